The second-order valence-electron chi connectivity index (χ2n) is 7.57. The van der Waals surface area contributed by atoms with E-state index in [2.05, 4.69) is 41.1 Å². The molecular weight excluding hydrogens is 298 g/mol. The topological polar surface area (TPSA) is 54.3 Å². The van der Waals surface area contributed by atoms with E-state index < -0.39 is 0 Å². The van der Waals surface area contributed by atoms with Gasteiger partial charge in [-0.1, -0.05) is 18.2 Å². The standard InChI is InChI=1S/C20H25N3O/c1-12-17-10-23-7-6-15-14-4-2-3-5-18(14)22-20(15)19(23)8-16(17)13(9-21)11-24-12/h2-5,11-12,16-17,19,22H,6-10,21H2,1H3. The molecule has 4 unspecified atom stereocenters. The number of piperidine rings is 1. The molecule has 1 saturated heterocycles. The highest BCUT2D eigenvalue weighted by Crippen LogP contribution is 2.47. The van der Waals surface area contributed by atoms with Crippen LogP contribution in [0.3, 0.4) is 0 Å². The SMILES string of the molecule is CC1OC=C(CN)C2CC3c4[nH]c5ccccc5c4CCN3CC12. The monoisotopic (exact) mass is 323 g/mol. The number of H-pyrrole nitrogens is 1. The average molecular weight is 323 g/mol. The van der Waals surface area contributed by atoms with E-state index in [-0.39, 0.29) is 6.10 Å². The minimum absolute atomic E-state index is 0.287. The van der Waals surface area contributed by atoms with E-state index in [0.717, 1.165) is 25.9 Å². The fraction of sp³-hybridized carbons (Fsp3) is 0.500. The predicted octanol–water partition coefficient (Wildman–Crippen LogP) is 2.96. The van der Waals surface area contributed by atoms with Gasteiger partial charge in [0.1, 0.15) is 0 Å². The maximum atomic E-state index is 6.01. The third-order valence-corrected chi connectivity index (χ3v) is 6.46. The van der Waals surface area contributed by atoms with E-state index in [1.54, 1.807) is 0 Å². The third-order valence-electron chi connectivity index (χ3n) is 6.46. The number of benzene rings is 1. The summed E-state index contributed by atoms with van der Waals surface area (Å²) >= 11 is 0. The lowest BCUT2D eigenvalue weighted by Crippen LogP contribution is -2.51. The molecule has 126 valence electrons. The molecule has 5 rings (SSSR count). The molecule has 0 spiro atoms. The van der Waals surface area contributed by atoms with Gasteiger partial charge in [0.05, 0.1) is 18.4 Å². The van der Waals surface area contributed by atoms with Crippen molar-refractivity contribution in [3.63, 3.8) is 0 Å². The number of fused-ring (bicyclic) bond motifs is 6. The Morgan fingerprint density at radius 2 is 2.21 bits per heavy atom. The fourth-order valence-corrected chi connectivity index (χ4v) is 5.15. The third kappa shape index (κ3) is 1.99. The second kappa shape index (κ2) is 5.36. The first-order valence-corrected chi connectivity index (χ1v) is 9.14. The molecule has 4 atom stereocenters. The van der Waals surface area contributed by atoms with E-state index in [9.17, 15) is 0 Å². The Hall–Kier alpha value is -1.78. The van der Waals surface area contributed by atoms with Gasteiger partial charge in [0, 0.05) is 42.1 Å². The minimum atomic E-state index is 0.287. The lowest BCUT2D eigenvalue weighted by Gasteiger charge is -2.49. The number of nitrogens with two attached hydrogens (primary N) is 1. The summed E-state index contributed by atoms with van der Waals surface area (Å²) in [6.07, 6.45) is 4.52. The highest BCUT2D eigenvalue weighted by Gasteiger charge is 2.44. The van der Waals surface area contributed by atoms with E-state index >= 15 is 0 Å². The molecule has 0 bridgehead atoms. The van der Waals surface area contributed by atoms with Crippen LogP contribution in [0.5, 0.6) is 0 Å². The molecule has 3 aliphatic rings. The van der Waals surface area contributed by atoms with Gasteiger partial charge in [-0.15, -0.1) is 0 Å². The Labute approximate surface area is 142 Å². The Kier molecular flexibility index (Phi) is 3.25. The Balaban J connectivity index is 1.56. The van der Waals surface area contributed by atoms with Gasteiger partial charge in [0.2, 0.25) is 0 Å². The molecule has 1 aromatic carbocycles. The first-order valence-electron chi connectivity index (χ1n) is 9.14. The number of aromatic amines is 1. The highest BCUT2D eigenvalue weighted by molar-refractivity contribution is 5.85. The van der Waals surface area contributed by atoms with Crippen LogP contribution in [0.2, 0.25) is 0 Å². The van der Waals surface area contributed by atoms with Crippen molar-refractivity contribution in [2.24, 2.45) is 17.6 Å². The summed E-state index contributed by atoms with van der Waals surface area (Å²) in [5.74, 6) is 1.12. The van der Waals surface area contributed by atoms with Crippen LogP contribution in [0.1, 0.15) is 30.6 Å². The van der Waals surface area contributed by atoms with Gasteiger partial charge in [-0.3, -0.25) is 4.90 Å². The van der Waals surface area contributed by atoms with Crippen molar-refractivity contribution < 1.29 is 4.74 Å². The molecule has 2 aromatic rings. The summed E-state index contributed by atoms with van der Waals surface area (Å²) in [4.78, 5) is 6.40. The number of nitrogens with one attached hydrogen (secondary N) is 1. The Morgan fingerprint density at radius 1 is 1.33 bits per heavy atom. The maximum absolute atomic E-state index is 6.01. The second-order valence-corrected chi connectivity index (χ2v) is 7.57. The van der Waals surface area contributed by atoms with Gasteiger partial charge < -0.3 is 15.5 Å². The lowest BCUT2D eigenvalue weighted by molar-refractivity contribution is -0.0233. The maximum Gasteiger partial charge on any atom is 0.0996 e. The van der Waals surface area contributed by atoms with Crippen molar-refractivity contribution in [3.8, 4) is 0 Å². The zero-order valence-electron chi connectivity index (χ0n) is 14.2. The van der Waals surface area contributed by atoms with Gasteiger partial charge in [-0.2, -0.15) is 0 Å². The quantitative estimate of drug-likeness (QED) is 0.848. The van der Waals surface area contributed by atoms with Crippen LogP contribution in [0, 0.1) is 11.8 Å². The molecule has 0 aliphatic carbocycles. The molecule has 4 nitrogen and oxygen atoms in total. The first kappa shape index (κ1) is 14.6. The van der Waals surface area contributed by atoms with Crippen molar-refractivity contribution in [2.45, 2.75) is 31.9 Å². The van der Waals surface area contributed by atoms with Crippen LogP contribution in [0.4, 0.5) is 0 Å². The number of ether oxygens (including phenoxy) is 1. The largest absolute Gasteiger partial charge is 0.498 e. The number of hydrogen-bond donors (Lipinski definition) is 2. The molecule has 1 aromatic heterocycles. The minimum Gasteiger partial charge on any atom is -0.498 e. The van der Waals surface area contributed by atoms with Crippen molar-refractivity contribution in [1.82, 2.24) is 9.88 Å². The Bertz CT molecular complexity index is 808. The van der Waals surface area contributed by atoms with Gasteiger partial charge in [-0.25, -0.2) is 0 Å². The average Bonchev–Trinajstić information content (AvgIpc) is 3.00. The molecule has 1 fully saturated rings. The molecule has 4 heterocycles. The molecule has 3 N–H and O–H groups in total. The molecule has 0 amide bonds. The van der Waals surface area contributed by atoms with Crippen LogP contribution >= 0.6 is 0 Å². The van der Waals surface area contributed by atoms with Crippen LogP contribution in [0.15, 0.2) is 36.1 Å². The van der Waals surface area contributed by atoms with E-state index in [1.807, 2.05) is 6.26 Å². The highest BCUT2D eigenvalue weighted by atomic mass is 16.5. The van der Waals surface area contributed by atoms with Gasteiger partial charge in [0.15, 0.2) is 0 Å². The van der Waals surface area contributed by atoms with Gasteiger partial charge in [0.25, 0.3) is 0 Å². The molecule has 3 aliphatic heterocycles. The van der Waals surface area contributed by atoms with Crippen molar-refractivity contribution in [1.29, 1.82) is 0 Å². The van der Waals surface area contributed by atoms with Crippen LogP contribution in [-0.2, 0) is 11.2 Å². The molecule has 0 radical (unpaired) electrons. The summed E-state index contributed by atoms with van der Waals surface area (Å²) in [7, 11) is 0. The fourth-order valence-electron chi connectivity index (χ4n) is 5.15. The Morgan fingerprint density at radius 3 is 3.08 bits per heavy atom. The number of aromatic nitrogens is 1. The first-order chi connectivity index (χ1) is 11.8. The van der Waals surface area contributed by atoms with Crippen LogP contribution < -0.4 is 5.73 Å². The van der Waals surface area contributed by atoms with E-state index in [1.165, 1.54) is 27.7 Å². The van der Waals surface area contributed by atoms with Gasteiger partial charge >= 0.3 is 0 Å². The predicted molar refractivity (Wildman–Crippen MR) is 95.6 cm³/mol. The molecule has 24 heavy (non-hydrogen) atoms. The molecular formula is C20H25N3O. The summed E-state index contributed by atoms with van der Waals surface area (Å²) < 4.78 is 5.87. The summed E-state index contributed by atoms with van der Waals surface area (Å²) in [6.45, 7) is 5.08. The molecule has 0 saturated carbocycles. The van der Waals surface area contributed by atoms with Crippen LogP contribution in [0.25, 0.3) is 10.9 Å². The summed E-state index contributed by atoms with van der Waals surface area (Å²) in [5, 5.41) is 1.41. The summed E-state index contributed by atoms with van der Waals surface area (Å²) in [6, 6.07) is 9.21. The smallest absolute Gasteiger partial charge is 0.0996 e. The molecule has 4 heteroatoms. The zero-order chi connectivity index (χ0) is 16.3. The summed E-state index contributed by atoms with van der Waals surface area (Å²) in [5.41, 5.74) is 11.6. The number of nitrogens with zero attached hydrogens (tertiary/aromatic N) is 1. The number of hydrogen-bond acceptors (Lipinski definition) is 3. The van der Waals surface area contributed by atoms with Crippen molar-refractivity contribution >= 4 is 10.9 Å². The normalized spacial score (nSPS) is 32.5. The van der Waals surface area contributed by atoms with Gasteiger partial charge in [-0.05, 0) is 42.9 Å². The van der Waals surface area contributed by atoms with Crippen molar-refractivity contribution in [3.05, 3.63) is 47.4 Å². The lowest BCUT2D eigenvalue weighted by atomic mass is 9.72. The van der Waals surface area contributed by atoms with Crippen LogP contribution in [-0.4, -0.2) is 35.6 Å². The zero-order valence-corrected chi connectivity index (χ0v) is 14.2. The van der Waals surface area contributed by atoms with E-state index in [0.29, 0.717) is 24.4 Å². The van der Waals surface area contributed by atoms with E-state index in [4.69, 9.17) is 10.5 Å². The van der Waals surface area contributed by atoms with Crippen molar-refractivity contribution in [2.75, 3.05) is 19.6 Å². The number of para-hydroxylation sites is 1. The number of rotatable bonds is 1.